The third kappa shape index (κ3) is 1.62. The van der Waals surface area contributed by atoms with Gasteiger partial charge in [-0.3, -0.25) is 4.98 Å². The molecule has 1 aliphatic carbocycles. The summed E-state index contributed by atoms with van der Waals surface area (Å²) in [5.74, 6) is 0.632. The number of pyridine rings is 1. The van der Waals surface area contributed by atoms with Gasteiger partial charge in [0.1, 0.15) is 11.6 Å². The quantitative estimate of drug-likeness (QED) is 0.783. The lowest BCUT2D eigenvalue weighted by atomic mass is 10.2. The van der Waals surface area contributed by atoms with Crippen LogP contribution in [0.3, 0.4) is 0 Å². The van der Waals surface area contributed by atoms with Crippen molar-refractivity contribution in [2.75, 3.05) is 12.4 Å². The molecule has 0 saturated heterocycles. The van der Waals surface area contributed by atoms with Crippen LogP contribution in [0.2, 0.25) is 0 Å². The van der Waals surface area contributed by atoms with Crippen LogP contribution in [0.15, 0.2) is 12.4 Å². The molecular weight excluding hydrogens is 178 g/mol. The minimum absolute atomic E-state index is 0.289. The van der Waals surface area contributed by atoms with Gasteiger partial charge in [0.05, 0.1) is 18.0 Å². The van der Waals surface area contributed by atoms with Crippen LogP contribution in [-0.2, 0) is 0 Å². The van der Waals surface area contributed by atoms with Crippen molar-refractivity contribution >= 4 is 5.69 Å². The maximum atomic E-state index is 8.87. The Kier molecular flexibility index (Phi) is 2.23. The summed E-state index contributed by atoms with van der Waals surface area (Å²) >= 11 is 0. The Labute approximate surface area is 82.5 Å². The van der Waals surface area contributed by atoms with Crippen molar-refractivity contribution in [1.29, 1.82) is 5.26 Å². The summed E-state index contributed by atoms with van der Waals surface area (Å²) in [6.45, 7) is 0. The first-order valence-corrected chi connectivity index (χ1v) is 4.57. The van der Waals surface area contributed by atoms with Crippen LogP contribution in [0.4, 0.5) is 5.69 Å². The second-order valence-electron chi connectivity index (χ2n) is 3.24. The van der Waals surface area contributed by atoms with Crippen LogP contribution in [0, 0.1) is 11.3 Å². The van der Waals surface area contributed by atoms with Crippen LogP contribution in [0.25, 0.3) is 0 Å². The van der Waals surface area contributed by atoms with Crippen molar-refractivity contribution in [1.82, 2.24) is 4.98 Å². The number of aromatic nitrogens is 1. The number of anilines is 1. The minimum atomic E-state index is 0.289. The highest BCUT2D eigenvalue weighted by Crippen LogP contribution is 2.33. The van der Waals surface area contributed by atoms with E-state index in [-0.39, 0.29) is 6.10 Å². The second kappa shape index (κ2) is 3.54. The van der Waals surface area contributed by atoms with Crippen LogP contribution in [-0.4, -0.2) is 18.1 Å². The van der Waals surface area contributed by atoms with Gasteiger partial charge in [-0.25, -0.2) is 0 Å². The third-order valence-corrected chi connectivity index (χ3v) is 2.10. The molecule has 1 heterocycles. The van der Waals surface area contributed by atoms with E-state index in [1.165, 1.54) is 6.20 Å². The summed E-state index contributed by atoms with van der Waals surface area (Å²) in [4.78, 5) is 3.95. The van der Waals surface area contributed by atoms with Gasteiger partial charge in [-0.05, 0) is 12.8 Å². The summed E-state index contributed by atoms with van der Waals surface area (Å²) in [5, 5.41) is 11.8. The Morgan fingerprint density at radius 2 is 2.36 bits per heavy atom. The topological polar surface area (TPSA) is 57.9 Å². The minimum Gasteiger partial charge on any atom is -0.487 e. The molecule has 72 valence electrons. The van der Waals surface area contributed by atoms with Crippen molar-refractivity contribution in [2.45, 2.75) is 18.9 Å². The maximum absolute atomic E-state index is 8.87. The van der Waals surface area contributed by atoms with Crippen molar-refractivity contribution in [3.8, 4) is 11.8 Å². The predicted octanol–water partition coefficient (Wildman–Crippen LogP) is 1.54. The van der Waals surface area contributed by atoms with Crippen molar-refractivity contribution < 1.29 is 4.74 Å². The Bertz CT molecular complexity index is 379. The van der Waals surface area contributed by atoms with Crippen molar-refractivity contribution in [2.24, 2.45) is 0 Å². The number of nitrogens with one attached hydrogen (secondary N) is 1. The molecule has 2 rings (SSSR count). The van der Waals surface area contributed by atoms with E-state index in [0.29, 0.717) is 11.3 Å². The lowest BCUT2D eigenvalue weighted by Gasteiger charge is -2.10. The van der Waals surface area contributed by atoms with Gasteiger partial charge in [-0.15, -0.1) is 0 Å². The van der Waals surface area contributed by atoms with Crippen LogP contribution >= 0.6 is 0 Å². The Hall–Kier alpha value is -1.76. The van der Waals surface area contributed by atoms with Gasteiger partial charge in [0.15, 0.2) is 5.75 Å². The first-order chi connectivity index (χ1) is 6.85. The van der Waals surface area contributed by atoms with E-state index in [9.17, 15) is 0 Å². The lowest BCUT2D eigenvalue weighted by Crippen LogP contribution is -2.03. The maximum Gasteiger partial charge on any atom is 0.163 e. The van der Waals surface area contributed by atoms with Crippen LogP contribution < -0.4 is 10.1 Å². The van der Waals surface area contributed by atoms with Gasteiger partial charge in [0, 0.05) is 13.2 Å². The number of nitriles is 1. The first-order valence-electron chi connectivity index (χ1n) is 4.57. The van der Waals surface area contributed by atoms with E-state index >= 15 is 0 Å². The number of ether oxygens (including phenoxy) is 1. The fourth-order valence-electron chi connectivity index (χ4n) is 1.19. The molecule has 1 fully saturated rings. The number of rotatable bonds is 3. The molecule has 0 aromatic carbocycles. The summed E-state index contributed by atoms with van der Waals surface area (Å²) in [5.41, 5.74) is 1.26. The van der Waals surface area contributed by atoms with Crippen molar-refractivity contribution in [3.05, 3.63) is 18.0 Å². The van der Waals surface area contributed by atoms with Gasteiger partial charge in [0.25, 0.3) is 0 Å². The van der Waals surface area contributed by atoms with Gasteiger partial charge in [-0.2, -0.15) is 5.26 Å². The average Bonchev–Trinajstić information content (AvgIpc) is 3.02. The normalized spacial score (nSPS) is 14.6. The molecule has 0 atom stereocenters. The van der Waals surface area contributed by atoms with E-state index in [1.807, 2.05) is 0 Å². The molecule has 0 bridgehead atoms. The highest BCUT2D eigenvalue weighted by molar-refractivity contribution is 5.61. The third-order valence-electron chi connectivity index (χ3n) is 2.10. The monoisotopic (exact) mass is 189 g/mol. The molecule has 0 spiro atoms. The molecule has 1 aromatic rings. The van der Waals surface area contributed by atoms with Crippen LogP contribution in [0.1, 0.15) is 18.4 Å². The summed E-state index contributed by atoms with van der Waals surface area (Å²) < 4.78 is 5.64. The first kappa shape index (κ1) is 8.82. The molecule has 4 heteroatoms. The molecule has 0 aliphatic heterocycles. The van der Waals surface area contributed by atoms with E-state index in [4.69, 9.17) is 10.00 Å². The molecule has 0 amide bonds. The molecule has 0 unspecified atom stereocenters. The standard InChI is InChI=1S/C10H11N3O/c1-12-9-6-13-5-7(4-11)10(9)14-8-2-3-8/h5-6,8,12H,2-3H2,1H3. The second-order valence-corrected chi connectivity index (χ2v) is 3.24. The fraction of sp³-hybridized carbons (Fsp3) is 0.400. The molecule has 0 radical (unpaired) electrons. The molecule has 1 N–H and O–H groups in total. The van der Waals surface area contributed by atoms with E-state index in [1.54, 1.807) is 13.2 Å². The number of nitrogens with zero attached hydrogens (tertiary/aromatic N) is 2. The molecular formula is C10H11N3O. The van der Waals surface area contributed by atoms with Gasteiger partial charge >= 0.3 is 0 Å². The van der Waals surface area contributed by atoms with Gasteiger partial charge < -0.3 is 10.1 Å². The van der Waals surface area contributed by atoms with E-state index in [2.05, 4.69) is 16.4 Å². The lowest BCUT2D eigenvalue weighted by molar-refractivity contribution is 0.303. The number of hydrogen-bond donors (Lipinski definition) is 1. The smallest absolute Gasteiger partial charge is 0.163 e. The zero-order valence-corrected chi connectivity index (χ0v) is 7.95. The summed E-state index contributed by atoms with van der Waals surface area (Å²) in [7, 11) is 1.79. The number of hydrogen-bond acceptors (Lipinski definition) is 4. The highest BCUT2D eigenvalue weighted by atomic mass is 16.5. The largest absolute Gasteiger partial charge is 0.487 e. The summed E-state index contributed by atoms with van der Waals surface area (Å²) in [6, 6.07) is 2.08. The predicted molar refractivity (Wildman–Crippen MR) is 52.1 cm³/mol. The summed E-state index contributed by atoms with van der Waals surface area (Å²) in [6.07, 6.45) is 5.64. The highest BCUT2D eigenvalue weighted by Gasteiger charge is 2.25. The van der Waals surface area contributed by atoms with Crippen LogP contribution in [0.5, 0.6) is 5.75 Å². The van der Waals surface area contributed by atoms with Crippen molar-refractivity contribution in [3.63, 3.8) is 0 Å². The molecule has 4 nitrogen and oxygen atoms in total. The fourth-order valence-corrected chi connectivity index (χ4v) is 1.19. The Morgan fingerprint density at radius 1 is 1.57 bits per heavy atom. The Balaban J connectivity index is 2.35. The molecule has 14 heavy (non-hydrogen) atoms. The molecule has 1 aromatic heterocycles. The average molecular weight is 189 g/mol. The SMILES string of the molecule is CNc1cncc(C#N)c1OC1CC1. The molecule has 1 aliphatic rings. The zero-order valence-electron chi connectivity index (χ0n) is 7.95. The Morgan fingerprint density at radius 3 is 2.93 bits per heavy atom. The molecule has 1 saturated carbocycles. The zero-order chi connectivity index (χ0) is 9.97. The van der Waals surface area contributed by atoms with Gasteiger partial charge in [-0.1, -0.05) is 0 Å². The van der Waals surface area contributed by atoms with E-state index < -0.39 is 0 Å². The van der Waals surface area contributed by atoms with E-state index in [0.717, 1.165) is 18.5 Å². The van der Waals surface area contributed by atoms with Gasteiger partial charge in [0.2, 0.25) is 0 Å².